The molecule has 11 heteroatoms. The van der Waals surface area contributed by atoms with Gasteiger partial charge in [-0.25, -0.2) is 14.5 Å². The largest absolute Gasteiger partial charge is 0.496 e. The number of unbranched alkanes of at least 4 members (excludes halogenated alkanes) is 3. The normalized spacial score (nSPS) is 11.9. The molecule has 0 saturated carbocycles. The highest BCUT2D eigenvalue weighted by atomic mass is 17.1. The fourth-order valence-electron chi connectivity index (χ4n) is 5.24. The van der Waals surface area contributed by atoms with E-state index < -0.39 is 18.0 Å². The van der Waals surface area contributed by atoms with E-state index in [2.05, 4.69) is 16.8 Å². The van der Waals surface area contributed by atoms with Gasteiger partial charge in [-0.1, -0.05) is 49.9 Å². The molecular weight excluding hydrogens is 664 g/mol. The molecule has 1 atom stereocenters. The van der Waals surface area contributed by atoms with E-state index in [-0.39, 0.29) is 6.61 Å². The number of nitrogens with zero attached hydrogens (tertiary/aromatic N) is 2. The van der Waals surface area contributed by atoms with E-state index in [9.17, 15) is 14.8 Å². The van der Waals surface area contributed by atoms with Crippen molar-refractivity contribution in [1.82, 2.24) is 0 Å². The van der Waals surface area contributed by atoms with Gasteiger partial charge in [0, 0.05) is 12.7 Å². The molecule has 1 N–H and O–H groups in total. The Balaban J connectivity index is 1.30. The molecule has 0 radical (unpaired) electrons. The highest BCUT2D eigenvalue weighted by Crippen LogP contribution is 2.30. The maximum absolute atomic E-state index is 12.6. The van der Waals surface area contributed by atoms with Gasteiger partial charge < -0.3 is 23.7 Å². The van der Waals surface area contributed by atoms with Crippen LogP contribution in [-0.4, -0.2) is 69.8 Å². The Morgan fingerprint density at radius 3 is 2.13 bits per heavy atom. The molecule has 0 saturated heterocycles. The van der Waals surface area contributed by atoms with E-state index in [0.717, 1.165) is 65.3 Å². The molecule has 4 aromatic carbocycles. The molecule has 0 fully saturated rings. The molecule has 4 aromatic rings. The first-order valence-electron chi connectivity index (χ1n) is 17.3. The van der Waals surface area contributed by atoms with E-state index in [1.807, 2.05) is 67.6 Å². The van der Waals surface area contributed by atoms with Gasteiger partial charge in [0.05, 0.1) is 39.4 Å². The number of methoxy groups -OCH3 is 1. The average Bonchev–Trinajstić information content (AvgIpc) is 3.18. The quantitative estimate of drug-likeness (QED) is 0.0214. The Bertz CT molecular complexity index is 1800. The van der Waals surface area contributed by atoms with E-state index in [1.165, 1.54) is 13.2 Å². The third-order valence-electron chi connectivity index (χ3n) is 7.93. The van der Waals surface area contributed by atoms with Gasteiger partial charge in [-0.15, -0.1) is 0 Å². The van der Waals surface area contributed by atoms with Crippen LogP contribution in [0.5, 0.6) is 11.5 Å². The van der Waals surface area contributed by atoms with Crippen molar-refractivity contribution < 1.29 is 43.4 Å². The average molecular weight is 711 g/mol. The van der Waals surface area contributed by atoms with Gasteiger partial charge in [0.1, 0.15) is 29.8 Å². The topological polar surface area (TPSA) is 134 Å². The van der Waals surface area contributed by atoms with Crippen molar-refractivity contribution in [2.24, 2.45) is 10.2 Å². The van der Waals surface area contributed by atoms with Gasteiger partial charge in [-0.05, 0) is 108 Å². The first-order chi connectivity index (χ1) is 25.4. The molecule has 0 amide bonds. The first kappa shape index (κ1) is 39.4. The van der Waals surface area contributed by atoms with E-state index in [4.69, 9.17) is 28.6 Å². The fraction of sp³-hybridized carbons (Fsp3) is 0.317. The summed E-state index contributed by atoms with van der Waals surface area (Å²) in [5.41, 5.74) is 3.38. The van der Waals surface area contributed by atoms with Crippen LogP contribution in [0.1, 0.15) is 77.7 Å². The molecule has 0 aliphatic rings. The van der Waals surface area contributed by atoms with Gasteiger partial charge in [-0.3, -0.25) is 5.26 Å². The zero-order valence-corrected chi connectivity index (χ0v) is 29.7. The van der Waals surface area contributed by atoms with Crippen molar-refractivity contribution in [3.63, 3.8) is 0 Å². The number of hydrogen-bond acceptors (Lipinski definition) is 11. The number of carbonyl (C=O) groups is 2. The predicted molar refractivity (Wildman–Crippen MR) is 201 cm³/mol. The van der Waals surface area contributed by atoms with Crippen LogP contribution >= 0.6 is 0 Å². The summed E-state index contributed by atoms with van der Waals surface area (Å²) < 4.78 is 26.9. The Morgan fingerprint density at radius 1 is 0.750 bits per heavy atom. The van der Waals surface area contributed by atoms with Crippen molar-refractivity contribution in [1.29, 1.82) is 0 Å². The van der Waals surface area contributed by atoms with Crippen molar-refractivity contribution in [3.05, 3.63) is 119 Å². The van der Waals surface area contributed by atoms with E-state index in [0.29, 0.717) is 43.3 Å². The van der Waals surface area contributed by atoms with Crippen LogP contribution in [0, 0.1) is 0 Å². The second-order valence-electron chi connectivity index (χ2n) is 11.8. The number of esters is 2. The first-order valence-corrected chi connectivity index (χ1v) is 17.3. The van der Waals surface area contributed by atoms with Gasteiger partial charge in [0.2, 0.25) is 0 Å². The van der Waals surface area contributed by atoms with Crippen LogP contribution in [-0.2, 0) is 23.9 Å². The minimum Gasteiger partial charge on any atom is -0.496 e. The molecule has 4 rings (SSSR count). The molecule has 0 aliphatic carbocycles. The third kappa shape index (κ3) is 12.4. The second-order valence-corrected chi connectivity index (χ2v) is 11.8. The molecule has 1 unspecified atom stereocenters. The maximum atomic E-state index is 12.6. The minimum atomic E-state index is -0.677. The molecular formula is C41H46N2O9. The lowest BCUT2D eigenvalue weighted by atomic mass is 9.97. The number of carbonyl (C=O) groups excluding carboxylic acids is 2. The van der Waals surface area contributed by atoms with Crippen molar-refractivity contribution in [2.45, 2.75) is 45.1 Å². The highest BCUT2D eigenvalue weighted by molar-refractivity contribution is 5.95. The smallest absolute Gasteiger partial charge is 0.342 e. The van der Waals surface area contributed by atoms with Crippen LogP contribution in [0.15, 0.2) is 102 Å². The number of rotatable bonds is 22. The Kier molecular flexibility index (Phi) is 16.5. The number of ether oxygens (including phenoxy) is 5. The fourth-order valence-corrected chi connectivity index (χ4v) is 5.24. The SMILES string of the molecule is C=CC(=O)OCCCCCCOc1ccc(C(OO)c2ccc3cc(C=NN=Cc4ccc(OC)c(C(=O)OCCOCCC)c4)ccc3c2)cc1. The predicted octanol–water partition coefficient (Wildman–Crippen LogP) is 8.13. The summed E-state index contributed by atoms with van der Waals surface area (Å²) in [6.07, 6.45) is 8.19. The Hall–Kier alpha value is -5.36. The summed E-state index contributed by atoms with van der Waals surface area (Å²) in [5, 5.41) is 20.1. The van der Waals surface area contributed by atoms with Crippen LogP contribution in [0.25, 0.3) is 10.8 Å². The summed E-state index contributed by atoms with van der Waals surface area (Å²) in [6, 6.07) is 24.3. The van der Waals surface area contributed by atoms with E-state index in [1.54, 1.807) is 30.6 Å². The minimum absolute atomic E-state index is 0.154. The van der Waals surface area contributed by atoms with Crippen molar-refractivity contribution >= 4 is 35.1 Å². The highest BCUT2D eigenvalue weighted by Gasteiger charge is 2.17. The third-order valence-corrected chi connectivity index (χ3v) is 7.93. The van der Waals surface area contributed by atoms with Crippen LogP contribution in [0.2, 0.25) is 0 Å². The summed E-state index contributed by atoms with van der Waals surface area (Å²) in [6.45, 7) is 7.47. The number of hydrogen-bond donors (Lipinski definition) is 1. The Morgan fingerprint density at radius 2 is 1.42 bits per heavy atom. The van der Waals surface area contributed by atoms with Gasteiger partial charge in [0.15, 0.2) is 0 Å². The summed E-state index contributed by atoms with van der Waals surface area (Å²) in [4.78, 5) is 28.6. The molecule has 0 heterocycles. The van der Waals surface area contributed by atoms with Gasteiger partial charge in [-0.2, -0.15) is 10.2 Å². The lowest BCUT2D eigenvalue weighted by molar-refractivity contribution is -0.270. The molecule has 274 valence electrons. The van der Waals surface area contributed by atoms with Gasteiger partial charge in [0.25, 0.3) is 0 Å². The van der Waals surface area contributed by atoms with Gasteiger partial charge >= 0.3 is 11.9 Å². The zero-order valence-electron chi connectivity index (χ0n) is 29.7. The summed E-state index contributed by atoms with van der Waals surface area (Å²) in [7, 11) is 1.50. The van der Waals surface area contributed by atoms with Crippen LogP contribution in [0.3, 0.4) is 0 Å². The van der Waals surface area contributed by atoms with Crippen molar-refractivity contribution in [3.8, 4) is 11.5 Å². The molecule has 0 aliphatic heterocycles. The van der Waals surface area contributed by atoms with E-state index >= 15 is 0 Å². The second kappa shape index (κ2) is 21.8. The number of fused-ring (bicyclic) bond motifs is 1. The maximum Gasteiger partial charge on any atom is 0.342 e. The van der Waals surface area contributed by atoms with Crippen molar-refractivity contribution in [2.75, 3.05) is 40.1 Å². The molecule has 11 nitrogen and oxygen atoms in total. The van der Waals surface area contributed by atoms with Crippen LogP contribution < -0.4 is 9.47 Å². The lowest BCUT2D eigenvalue weighted by Gasteiger charge is -2.16. The lowest BCUT2D eigenvalue weighted by Crippen LogP contribution is -2.12. The molecule has 0 bridgehead atoms. The monoisotopic (exact) mass is 710 g/mol. The summed E-state index contributed by atoms with van der Waals surface area (Å²) >= 11 is 0. The van der Waals surface area contributed by atoms with Crippen LogP contribution in [0.4, 0.5) is 0 Å². The Labute approximate surface area is 304 Å². The number of benzene rings is 4. The zero-order chi connectivity index (χ0) is 37.0. The summed E-state index contributed by atoms with van der Waals surface area (Å²) in [5.74, 6) is 0.240. The molecule has 52 heavy (non-hydrogen) atoms. The molecule has 0 spiro atoms. The molecule has 0 aromatic heterocycles. The standard InChI is InChI=1S/C41H46N2O9/c1-4-20-48-23-24-51-41(45)37-26-31(11-19-38(37)47-3)29-43-42-28-30-10-12-34-27-35(14-13-33(34)25-30)40(52-46)32-15-17-36(18-16-32)49-21-8-6-7-9-22-50-39(44)5-2/h5,10-19,25-29,40,46H,2,4,6-9,20-24H2,1,3H3.